The number of halogens is 1. The Morgan fingerprint density at radius 2 is 1.52 bits per heavy atom. The zero-order chi connectivity index (χ0) is 15.4. The van der Waals surface area contributed by atoms with Crippen LogP contribution in [0.1, 0.15) is 33.4 Å². The highest BCUT2D eigenvalue weighted by Crippen LogP contribution is 2.23. The van der Waals surface area contributed by atoms with Crippen molar-refractivity contribution in [3.05, 3.63) is 69.8 Å². The van der Waals surface area contributed by atoms with Crippen LogP contribution in [-0.2, 0) is 12.8 Å². The molecule has 112 valence electrons. The highest BCUT2D eigenvalue weighted by molar-refractivity contribution is 6.18. The predicted octanol–water partition coefficient (Wildman–Crippen LogP) is 5.56. The van der Waals surface area contributed by atoms with E-state index in [1.165, 1.54) is 33.4 Å². The van der Waals surface area contributed by atoms with Gasteiger partial charge in [0, 0.05) is 5.88 Å². The minimum atomic E-state index is 0.494. The molecule has 0 aromatic heterocycles. The molecule has 0 aliphatic rings. The third kappa shape index (κ3) is 4.35. The minimum Gasteiger partial charge on any atom is -0.126 e. The lowest BCUT2D eigenvalue weighted by Gasteiger charge is -2.18. The third-order valence-corrected chi connectivity index (χ3v) is 4.59. The van der Waals surface area contributed by atoms with Crippen LogP contribution in [0.5, 0.6) is 0 Å². The van der Waals surface area contributed by atoms with E-state index in [1.54, 1.807) is 0 Å². The third-order valence-electron chi connectivity index (χ3n) is 4.16. The van der Waals surface area contributed by atoms with Gasteiger partial charge in [0.25, 0.3) is 0 Å². The van der Waals surface area contributed by atoms with Crippen LogP contribution in [0.25, 0.3) is 0 Å². The number of hydrogen-bond acceptors (Lipinski definition) is 0. The molecule has 21 heavy (non-hydrogen) atoms. The van der Waals surface area contributed by atoms with Crippen LogP contribution in [0.4, 0.5) is 0 Å². The van der Waals surface area contributed by atoms with E-state index >= 15 is 0 Å². The SMILES string of the molecule is Cc1cccc(CC(CCl)Cc2c(C)cc(C)cc2C)c1. The van der Waals surface area contributed by atoms with Gasteiger partial charge in [-0.15, -0.1) is 11.6 Å². The predicted molar refractivity (Wildman–Crippen MR) is 93.5 cm³/mol. The van der Waals surface area contributed by atoms with Gasteiger partial charge in [0.1, 0.15) is 0 Å². The fourth-order valence-electron chi connectivity index (χ4n) is 3.17. The molecule has 1 unspecified atom stereocenters. The van der Waals surface area contributed by atoms with Crippen molar-refractivity contribution in [2.45, 2.75) is 40.5 Å². The molecule has 1 atom stereocenters. The van der Waals surface area contributed by atoms with Gasteiger partial charge in [-0.3, -0.25) is 0 Å². The van der Waals surface area contributed by atoms with Gasteiger partial charge in [0.15, 0.2) is 0 Å². The molecule has 0 saturated carbocycles. The van der Waals surface area contributed by atoms with E-state index in [2.05, 4.69) is 64.1 Å². The molecule has 0 N–H and O–H groups in total. The molecule has 0 amide bonds. The van der Waals surface area contributed by atoms with Crippen LogP contribution in [0.15, 0.2) is 36.4 Å². The second kappa shape index (κ2) is 7.13. The van der Waals surface area contributed by atoms with E-state index in [1.807, 2.05) is 0 Å². The average Bonchev–Trinajstić information content (AvgIpc) is 2.41. The highest BCUT2D eigenvalue weighted by atomic mass is 35.5. The second-order valence-electron chi connectivity index (χ2n) is 6.29. The summed E-state index contributed by atoms with van der Waals surface area (Å²) < 4.78 is 0. The highest BCUT2D eigenvalue weighted by Gasteiger charge is 2.13. The molecule has 0 heterocycles. The monoisotopic (exact) mass is 300 g/mol. The van der Waals surface area contributed by atoms with Crippen molar-refractivity contribution in [2.24, 2.45) is 5.92 Å². The molecule has 0 fully saturated rings. The summed E-state index contributed by atoms with van der Waals surface area (Å²) in [6.07, 6.45) is 2.12. The largest absolute Gasteiger partial charge is 0.126 e. The zero-order valence-corrected chi connectivity index (χ0v) is 14.3. The van der Waals surface area contributed by atoms with Gasteiger partial charge in [-0.2, -0.15) is 0 Å². The summed E-state index contributed by atoms with van der Waals surface area (Å²) >= 11 is 6.24. The summed E-state index contributed by atoms with van der Waals surface area (Å²) in [5, 5.41) is 0. The topological polar surface area (TPSA) is 0 Å². The number of alkyl halides is 1. The Kier molecular flexibility index (Phi) is 5.47. The van der Waals surface area contributed by atoms with Gasteiger partial charge in [0.2, 0.25) is 0 Å². The average molecular weight is 301 g/mol. The molecule has 0 bridgehead atoms. The Morgan fingerprint density at radius 3 is 2.10 bits per heavy atom. The summed E-state index contributed by atoms with van der Waals surface area (Å²) in [4.78, 5) is 0. The summed E-state index contributed by atoms with van der Waals surface area (Å²) in [6, 6.07) is 13.3. The van der Waals surface area contributed by atoms with E-state index in [0.717, 1.165) is 12.8 Å². The molecule has 2 aromatic carbocycles. The van der Waals surface area contributed by atoms with Crippen LogP contribution >= 0.6 is 11.6 Å². The maximum atomic E-state index is 6.24. The first-order valence-electron chi connectivity index (χ1n) is 7.68. The van der Waals surface area contributed by atoms with E-state index in [-0.39, 0.29) is 0 Å². The van der Waals surface area contributed by atoms with Gasteiger partial charge >= 0.3 is 0 Å². The summed E-state index contributed by atoms with van der Waals surface area (Å²) in [5.41, 5.74) is 8.32. The molecule has 0 radical (unpaired) electrons. The van der Waals surface area contributed by atoms with Gasteiger partial charge in [-0.1, -0.05) is 47.5 Å². The molecular weight excluding hydrogens is 276 g/mol. The molecule has 0 saturated heterocycles. The summed E-state index contributed by atoms with van der Waals surface area (Å²) in [5.74, 6) is 1.20. The number of hydrogen-bond donors (Lipinski definition) is 0. The molecule has 0 aliphatic heterocycles. The van der Waals surface area contributed by atoms with E-state index in [9.17, 15) is 0 Å². The molecule has 1 heteroatoms. The first-order valence-corrected chi connectivity index (χ1v) is 8.21. The molecular formula is C20H25Cl. The Hall–Kier alpha value is -1.27. The van der Waals surface area contributed by atoms with Crippen molar-refractivity contribution in [2.75, 3.05) is 5.88 Å². The smallest absolute Gasteiger partial charge is 0.0258 e. The molecule has 2 aromatic rings. The van der Waals surface area contributed by atoms with Crippen LogP contribution < -0.4 is 0 Å². The van der Waals surface area contributed by atoms with E-state index in [4.69, 9.17) is 11.6 Å². The van der Waals surface area contributed by atoms with Crippen molar-refractivity contribution < 1.29 is 0 Å². The Morgan fingerprint density at radius 1 is 0.857 bits per heavy atom. The fourth-order valence-corrected chi connectivity index (χ4v) is 3.39. The normalized spacial score (nSPS) is 12.4. The van der Waals surface area contributed by atoms with Gasteiger partial charge in [0.05, 0.1) is 0 Å². The van der Waals surface area contributed by atoms with E-state index < -0.39 is 0 Å². The molecule has 0 aliphatic carbocycles. The van der Waals surface area contributed by atoms with Gasteiger partial charge < -0.3 is 0 Å². The number of benzene rings is 2. The lowest BCUT2D eigenvalue weighted by atomic mass is 9.88. The Balaban J connectivity index is 2.16. The molecule has 2 rings (SSSR count). The number of aryl methyl sites for hydroxylation is 4. The summed E-state index contributed by atoms with van der Waals surface area (Å²) in [6.45, 7) is 8.74. The summed E-state index contributed by atoms with van der Waals surface area (Å²) in [7, 11) is 0. The first-order chi connectivity index (χ1) is 9.99. The first kappa shape index (κ1) is 16.1. The fraction of sp³-hybridized carbons (Fsp3) is 0.400. The van der Waals surface area contributed by atoms with Gasteiger partial charge in [-0.25, -0.2) is 0 Å². The maximum Gasteiger partial charge on any atom is 0.0258 e. The molecule has 0 nitrogen and oxygen atoms in total. The molecule has 0 spiro atoms. The maximum absolute atomic E-state index is 6.24. The Labute approximate surface area is 134 Å². The lowest BCUT2D eigenvalue weighted by molar-refractivity contribution is 0.580. The van der Waals surface area contributed by atoms with Crippen LogP contribution in [0, 0.1) is 33.6 Å². The van der Waals surface area contributed by atoms with Crippen molar-refractivity contribution >= 4 is 11.6 Å². The Bertz CT molecular complexity index is 590. The zero-order valence-electron chi connectivity index (χ0n) is 13.5. The van der Waals surface area contributed by atoms with Crippen molar-refractivity contribution in [3.8, 4) is 0 Å². The van der Waals surface area contributed by atoms with Crippen molar-refractivity contribution in [3.63, 3.8) is 0 Å². The second-order valence-corrected chi connectivity index (χ2v) is 6.60. The van der Waals surface area contributed by atoms with Crippen LogP contribution in [0.3, 0.4) is 0 Å². The quantitative estimate of drug-likeness (QED) is 0.634. The number of rotatable bonds is 5. The van der Waals surface area contributed by atoms with Gasteiger partial charge in [-0.05, 0) is 68.7 Å². The van der Waals surface area contributed by atoms with Crippen molar-refractivity contribution in [1.29, 1.82) is 0 Å². The van der Waals surface area contributed by atoms with E-state index in [0.29, 0.717) is 11.8 Å². The van der Waals surface area contributed by atoms with Crippen LogP contribution in [-0.4, -0.2) is 5.88 Å². The lowest BCUT2D eigenvalue weighted by Crippen LogP contribution is -2.12. The van der Waals surface area contributed by atoms with Crippen molar-refractivity contribution in [1.82, 2.24) is 0 Å². The van der Waals surface area contributed by atoms with Crippen LogP contribution in [0.2, 0.25) is 0 Å². The standard InChI is InChI=1S/C20H25Cl/c1-14-6-5-7-18(10-14)11-19(13-21)12-20-16(3)8-15(2)9-17(20)4/h5-10,19H,11-13H2,1-4H3. The minimum absolute atomic E-state index is 0.494.